The summed E-state index contributed by atoms with van der Waals surface area (Å²) in [7, 11) is 0. The molecular weight excluding hydrogens is 315 g/mol. The van der Waals surface area contributed by atoms with Crippen molar-refractivity contribution in [3.05, 3.63) is 16.1 Å². The quantitative estimate of drug-likeness (QED) is 0.835. The first kappa shape index (κ1) is 15.7. The maximum absolute atomic E-state index is 12.6. The van der Waals surface area contributed by atoms with Crippen LogP contribution < -0.4 is 0 Å². The van der Waals surface area contributed by atoms with Gasteiger partial charge in [0.25, 0.3) is 5.91 Å². The number of alkyl halides is 3. The van der Waals surface area contributed by atoms with Crippen LogP contribution >= 0.6 is 11.3 Å². The van der Waals surface area contributed by atoms with Crippen LogP contribution in [0, 0.1) is 5.92 Å². The van der Waals surface area contributed by atoms with E-state index in [1.807, 2.05) is 0 Å². The summed E-state index contributed by atoms with van der Waals surface area (Å²) in [5.74, 6) is -0.0796. The maximum Gasteiger partial charge on any atom is 0.443 e. The third-order valence-electron chi connectivity index (χ3n) is 4.05. The van der Waals surface area contributed by atoms with E-state index in [1.165, 1.54) is 18.2 Å². The summed E-state index contributed by atoms with van der Waals surface area (Å²) in [6, 6.07) is 0.633. The fourth-order valence-electron chi connectivity index (χ4n) is 2.89. The van der Waals surface area contributed by atoms with E-state index in [2.05, 4.69) is 16.8 Å². The van der Waals surface area contributed by atoms with Crippen molar-refractivity contribution in [3.63, 3.8) is 0 Å². The van der Waals surface area contributed by atoms with Crippen LogP contribution in [0.5, 0.6) is 0 Å². The van der Waals surface area contributed by atoms with Gasteiger partial charge in [-0.25, -0.2) is 4.98 Å². The van der Waals surface area contributed by atoms with Gasteiger partial charge in [-0.15, -0.1) is 11.3 Å². The Morgan fingerprint density at radius 1 is 1.32 bits per heavy atom. The highest BCUT2D eigenvalue weighted by molar-refractivity contribution is 7.09. The predicted octanol–water partition coefficient (Wildman–Crippen LogP) is 2.72. The van der Waals surface area contributed by atoms with Crippen LogP contribution in [0.3, 0.4) is 0 Å². The van der Waals surface area contributed by atoms with Gasteiger partial charge >= 0.3 is 6.18 Å². The summed E-state index contributed by atoms with van der Waals surface area (Å²) in [5.41, 5.74) is -0.0932. The molecule has 1 unspecified atom stereocenters. The number of nitrogens with zero attached hydrogens (tertiary/aromatic N) is 3. The largest absolute Gasteiger partial charge is 0.443 e. The van der Waals surface area contributed by atoms with Crippen LogP contribution in [0.25, 0.3) is 0 Å². The second-order valence-corrected chi connectivity index (χ2v) is 6.98. The van der Waals surface area contributed by atoms with Crippen molar-refractivity contribution in [1.29, 1.82) is 0 Å². The molecule has 3 rings (SSSR count). The summed E-state index contributed by atoms with van der Waals surface area (Å²) >= 11 is 0.476. The normalized spacial score (nSPS) is 24.4. The van der Waals surface area contributed by atoms with Crippen LogP contribution in [0.4, 0.5) is 13.2 Å². The van der Waals surface area contributed by atoms with Crippen LogP contribution in [0.2, 0.25) is 0 Å². The van der Waals surface area contributed by atoms with Crippen molar-refractivity contribution in [3.8, 4) is 0 Å². The second-order valence-electron chi connectivity index (χ2n) is 6.12. The molecule has 0 radical (unpaired) electrons. The first-order valence-electron chi connectivity index (χ1n) is 7.40. The summed E-state index contributed by atoms with van der Waals surface area (Å²) in [6.07, 6.45) is -2.07. The number of rotatable bonds is 2. The average Bonchev–Trinajstić information content (AvgIpc) is 3.18. The molecule has 1 aromatic rings. The molecule has 22 heavy (non-hydrogen) atoms. The first-order valence-corrected chi connectivity index (χ1v) is 8.28. The van der Waals surface area contributed by atoms with Gasteiger partial charge in [0.2, 0.25) is 0 Å². The third-order valence-corrected chi connectivity index (χ3v) is 4.94. The van der Waals surface area contributed by atoms with E-state index >= 15 is 0 Å². The van der Waals surface area contributed by atoms with E-state index in [1.54, 1.807) is 4.90 Å². The zero-order valence-electron chi connectivity index (χ0n) is 12.3. The molecule has 122 valence electrons. The van der Waals surface area contributed by atoms with Crippen molar-refractivity contribution < 1.29 is 18.0 Å². The summed E-state index contributed by atoms with van der Waals surface area (Å²) in [6.45, 7) is 4.93. The molecule has 2 aliphatic rings. The highest BCUT2D eigenvalue weighted by Gasteiger charge is 2.37. The van der Waals surface area contributed by atoms with Gasteiger partial charge in [-0.1, -0.05) is 6.92 Å². The van der Waals surface area contributed by atoms with Crippen LogP contribution in [0.1, 0.15) is 35.3 Å². The number of hydrogen-bond acceptors (Lipinski definition) is 4. The summed E-state index contributed by atoms with van der Waals surface area (Å²) in [5, 5.41) is 0.248. The van der Waals surface area contributed by atoms with Gasteiger partial charge in [-0.05, 0) is 18.8 Å². The van der Waals surface area contributed by atoms with Crippen LogP contribution in [-0.4, -0.2) is 52.9 Å². The lowest BCUT2D eigenvalue weighted by molar-refractivity contribution is -0.137. The standard InChI is InChI=1S/C14H18F3N3OS/c1-9-6-19(10-2-3-10)4-5-20(7-9)12(21)11-8-22-13(18-11)14(15,16)17/h8-10H,2-7H2,1H3. The lowest BCUT2D eigenvalue weighted by Crippen LogP contribution is -2.36. The molecule has 1 saturated heterocycles. The van der Waals surface area contributed by atoms with Gasteiger partial charge in [-0.3, -0.25) is 9.69 Å². The van der Waals surface area contributed by atoms with E-state index in [0.29, 0.717) is 36.4 Å². The second kappa shape index (κ2) is 5.81. The molecular formula is C14H18F3N3OS. The highest BCUT2D eigenvalue weighted by atomic mass is 32.1. The number of amides is 1. The van der Waals surface area contributed by atoms with Crippen molar-refractivity contribution in [2.75, 3.05) is 26.2 Å². The lowest BCUT2D eigenvalue weighted by atomic mass is 10.1. The van der Waals surface area contributed by atoms with Crippen molar-refractivity contribution >= 4 is 17.2 Å². The smallest absolute Gasteiger partial charge is 0.336 e. The predicted molar refractivity (Wildman–Crippen MR) is 76.8 cm³/mol. The molecule has 1 amide bonds. The summed E-state index contributed by atoms with van der Waals surface area (Å²) in [4.78, 5) is 19.9. The minimum absolute atomic E-state index is 0.0932. The zero-order chi connectivity index (χ0) is 15.9. The number of carbonyl (C=O) groups excluding carboxylic acids is 1. The Bertz CT molecular complexity index is 556. The molecule has 8 heteroatoms. The van der Waals surface area contributed by atoms with Gasteiger partial charge in [-0.2, -0.15) is 13.2 Å². The molecule has 1 atom stereocenters. The SMILES string of the molecule is CC1CN(C(=O)c2csc(C(F)(F)F)n2)CCN(C2CC2)C1. The van der Waals surface area contributed by atoms with E-state index < -0.39 is 17.1 Å². The van der Waals surface area contributed by atoms with Gasteiger partial charge in [0.15, 0.2) is 5.01 Å². The van der Waals surface area contributed by atoms with E-state index in [0.717, 1.165) is 13.1 Å². The summed E-state index contributed by atoms with van der Waals surface area (Å²) < 4.78 is 37.8. The lowest BCUT2D eigenvalue weighted by Gasteiger charge is -2.21. The van der Waals surface area contributed by atoms with E-state index in [-0.39, 0.29) is 5.69 Å². The topological polar surface area (TPSA) is 36.4 Å². The van der Waals surface area contributed by atoms with Gasteiger partial charge in [0.05, 0.1) is 0 Å². The maximum atomic E-state index is 12.6. The molecule has 1 aliphatic carbocycles. The number of hydrogen-bond donors (Lipinski definition) is 0. The Morgan fingerprint density at radius 3 is 2.64 bits per heavy atom. The van der Waals surface area contributed by atoms with E-state index in [9.17, 15) is 18.0 Å². The van der Waals surface area contributed by atoms with E-state index in [4.69, 9.17) is 0 Å². The first-order chi connectivity index (χ1) is 10.3. The number of aromatic nitrogens is 1. The minimum Gasteiger partial charge on any atom is -0.336 e. The van der Waals surface area contributed by atoms with Gasteiger partial charge < -0.3 is 4.90 Å². The Balaban J connectivity index is 1.69. The number of halogens is 3. The monoisotopic (exact) mass is 333 g/mol. The minimum atomic E-state index is -4.49. The highest BCUT2D eigenvalue weighted by Crippen LogP contribution is 2.32. The molecule has 1 saturated carbocycles. The third kappa shape index (κ3) is 3.43. The molecule has 4 nitrogen and oxygen atoms in total. The van der Waals surface area contributed by atoms with Gasteiger partial charge in [0, 0.05) is 37.6 Å². The number of thiazole rings is 1. The Morgan fingerprint density at radius 2 is 2.05 bits per heavy atom. The molecule has 2 fully saturated rings. The fourth-order valence-corrected chi connectivity index (χ4v) is 3.55. The molecule has 0 spiro atoms. The molecule has 2 heterocycles. The van der Waals surface area contributed by atoms with Crippen LogP contribution in [-0.2, 0) is 6.18 Å². The van der Waals surface area contributed by atoms with Crippen molar-refractivity contribution in [2.24, 2.45) is 5.92 Å². The number of carbonyl (C=O) groups is 1. The molecule has 0 aromatic carbocycles. The van der Waals surface area contributed by atoms with Crippen LogP contribution in [0.15, 0.2) is 5.38 Å². The van der Waals surface area contributed by atoms with Crippen molar-refractivity contribution in [1.82, 2.24) is 14.8 Å². The Hall–Kier alpha value is -1.15. The zero-order valence-corrected chi connectivity index (χ0v) is 13.1. The van der Waals surface area contributed by atoms with Crippen molar-refractivity contribution in [2.45, 2.75) is 32.0 Å². The Kier molecular flexibility index (Phi) is 4.15. The molecule has 0 bridgehead atoms. The fraction of sp³-hybridized carbons (Fsp3) is 0.714. The average molecular weight is 333 g/mol. The Labute approximate surface area is 130 Å². The molecule has 1 aromatic heterocycles. The molecule has 1 aliphatic heterocycles. The van der Waals surface area contributed by atoms with Gasteiger partial charge in [0.1, 0.15) is 5.69 Å². The molecule has 0 N–H and O–H groups in total.